The van der Waals surface area contributed by atoms with Crippen LogP contribution >= 0.6 is 0 Å². The van der Waals surface area contributed by atoms with Crippen LogP contribution in [-0.4, -0.2) is 27.7 Å². The third-order valence-electron chi connectivity index (χ3n) is 2.66. The van der Waals surface area contributed by atoms with Gasteiger partial charge in [0.05, 0.1) is 18.1 Å². The first-order chi connectivity index (χ1) is 8.31. The lowest BCUT2D eigenvalue weighted by atomic mass is 10.2. The highest BCUT2D eigenvalue weighted by molar-refractivity contribution is 6.03. The molecule has 1 aromatic carbocycles. The zero-order chi connectivity index (χ0) is 11.8. The maximum Gasteiger partial charge on any atom is 0.419 e. The summed E-state index contributed by atoms with van der Waals surface area (Å²) in [6.07, 6.45) is 2.70. The van der Waals surface area contributed by atoms with E-state index in [1.54, 1.807) is 6.20 Å². The highest BCUT2D eigenvalue weighted by Gasteiger charge is 2.12. The number of methoxy groups -OCH3 is 1. The molecule has 2 heterocycles. The topological polar surface area (TPSA) is 57.0 Å². The summed E-state index contributed by atoms with van der Waals surface area (Å²) in [5, 5.41) is 0.995. The van der Waals surface area contributed by atoms with Gasteiger partial charge in [0.25, 0.3) is 0 Å². The van der Waals surface area contributed by atoms with Crippen molar-refractivity contribution in [2.24, 2.45) is 0 Å². The molecule has 0 aliphatic rings. The van der Waals surface area contributed by atoms with Gasteiger partial charge in [-0.3, -0.25) is 4.98 Å². The third-order valence-corrected chi connectivity index (χ3v) is 2.66. The number of hydrogen-bond acceptors (Lipinski definition) is 4. The SMILES string of the molecule is COC(=O)n1cnc2c3ncccc3ccc21. The highest BCUT2D eigenvalue weighted by atomic mass is 16.5. The normalized spacial score (nSPS) is 10.9. The first-order valence-corrected chi connectivity index (χ1v) is 5.10. The molecule has 0 N–H and O–H groups in total. The molecule has 5 heteroatoms. The van der Waals surface area contributed by atoms with Gasteiger partial charge in [0, 0.05) is 11.6 Å². The molecule has 84 valence electrons. The van der Waals surface area contributed by atoms with Gasteiger partial charge < -0.3 is 4.74 Å². The second-order valence-corrected chi connectivity index (χ2v) is 3.59. The minimum atomic E-state index is -0.456. The molecular formula is C12H9N3O2. The molecule has 0 spiro atoms. The van der Waals surface area contributed by atoms with Crippen LogP contribution in [0.5, 0.6) is 0 Å². The van der Waals surface area contributed by atoms with Crippen LogP contribution in [0.4, 0.5) is 4.79 Å². The Balaban J connectivity index is 2.39. The zero-order valence-corrected chi connectivity index (χ0v) is 9.12. The second kappa shape index (κ2) is 3.55. The molecule has 3 aromatic rings. The molecule has 17 heavy (non-hydrogen) atoms. The predicted molar refractivity (Wildman–Crippen MR) is 62.8 cm³/mol. The average Bonchev–Trinajstić information content (AvgIpc) is 2.82. The van der Waals surface area contributed by atoms with E-state index in [4.69, 9.17) is 0 Å². The quantitative estimate of drug-likeness (QED) is 0.590. The Morgan fingerprint density at radius 1 is 1.24 bits per heavy atom. The van der Waals surface area contributed by atoms with Crippen LogP contribution in [0.1, 0.15) is 0 Å². The highest BCUT2D eigenvalue weighted by Crippen LogP contribution is 2.22. The number of pyridine rings is 1. The van der Waals surface area contributed by atoms with Crippen LogP contribution in [0, 0.1) is 0 Å². The van der Waals surface area contributed by atoms with E-state index in [2.05, 4.69) is 14.7 Å². The van der Waals surface area contributed by atoms with Crippen molar-refractivity contribution in [1.29, 1.82) is 0 Å². The molecular weight excluding hydrogens is 218 g/mol. The number of hydrogen-bond donors (Lipinski definition) is 0. The Bertz CT molecular complexity index is 718. The third kappa shape index (κ3) is 1.36. The first-order valence-electron chi connectivity index (χ1n) is 5.10. The lowest BCUT2D eigenvalue weighted by molar-refractivity contribution is 0.174. The summed E-state index contributed by atoms with van der Waals surface area (Å²) in [7, 11) is 1.34. The second-order valence-electron chi connectivity index (χ2n) is 3.59. The molecule has 0 radical (unpaired) electrons. The van der Waals surface area contributed by atoms with E-state index in [1.807, 2.05) is 24.3 Å². The number of carbonyl (C=O) groups is 1. The van der Waals surface area contributed by atoms with E-state index in [-0.39, 0.29) is 0 Å². The molecule has 0 bridgehead atoms. The summed E-state index contributed by atoms with van der Waals surface area (Å²) in [5.74, 6) is 0. The number of rotatable bonds is 0. The molecule has 0 amide bonds. The van der Waals surface area contributed by atoms with Crippen LogP contribution < -0.4 is 0 Å². The molecule has 2 aromatic heterocycles. The van der Waals surface area contributed by atoms with Gasteiger partial charge >= 0.3 is 6.09 Å². The number of aromatic nitrogens is 3. The van der Waals surface area contributed by atoms with Gasteiger partial charge in [-0.1, -0.05) is 12.1 Å². The van der Waals surface area contributed by atoms with Crippen molar-refractivity contribution < 1.29 is 9.53 Å². The van der Waals surface area contributed by atoms with Crippen LogP contribution in [0.3, 0.4) is 0 Å². The molecule has 0 saturated carbocycles. The predicted octanol–water partition coefficient (Wildman–Crippen LogP) is 2.20. The van der Waals surface area contributed by atoms with E-state index in [0.717, 1.165) is 10.9 Å². The number of fused-ring (bicyclic) bond motifs is 3. The summed E-state index contributed by atoms with van der Waals surface area (Å²) in [5.41, 5.74) is 2.18. The van der Waals surface area contributed by atoms with E-state index in [9.17, 15) is 4.79 Å². The number of carbonyl (C=O) groups excluding carboxylic acids is 1. The largest absolute Gasteiger partial charge is 0.452 e. The van der Waals surface area contributed by atoms with Gasteiger partial charge in [-0.25, -0.2) is 14.3 Å². The lowest BCUT2D eigenvalue weighted by Crippen LogP contribution is -2.09. The van der Waals surface area contributed by atoms with Gasteiger partial charge in [-0.05, 0) is 12.1 Å². The van der Waals surface area contributed by atoms with Crippen molar-refractivity contribution >= 4 is 28.0 Å². The smallest absolute Gasteiger partial charge is 0.419 e. The van der Waals surface area contributed by atoms with Crippen LogP contribution in [0.25, 0.3) is 21.9 Å². The first kappa shape index (κ1) is 9.77. The molecule has 5 nitrogen and oxygen atoms in total. The number of benzene rings is 1. The Labute approximate surface area is 96.7 Å². The van der Waals surface area contributed by atoms with E-state index in [1.165, 1.54) is 18.0 Å². The van der Waals surface area contributed by atoms with Gasteiger partial charge in [0.2, 0.25) is 0 Å². The molecule has 0 saturated heterocycles. The average molecular weight is 227 g/mol. The van der Waals surface area contributed by atoms with Crippen molar-refractivity contribution in [2.45, 2.75) is 0 Å². The van der Waals surface area contributed by atoms with Crippen LogP contribution in [0.15, 0.2) is 36.8 Å². The fourth-order valence-corrected chi connectivity index (χ4v) is 1.86. The maximum atomic E-state index is 11.5. The van der Waals surface area contributed by atoms with Crippen LogP contribution in [0.2, 0.25) is 0 Å². The van der Waals surface area contributed by atoms with Gasteiger partial charge in [-0.2, -0.15) is 0 Å². The summed E-state index contributed by atoms with van der Waals surface area (Å²) >= 11 is 0. The Morgan fingerprint density at radius 2 is 2.12 bits per heavy atom. The van der Waals surface area contributed by atoms with Gasteiger partial charge in [0.15, 0.2) is 0 Å². The van der Waals surface area contributed by atoms with Crippen molar-refractivity contribution in [3.8, 4) is 0 Å². The van der Waals surface area contributed by atoms with Crippen LogP contribution in [-0.2, 0) is 4.74 Å². The van der Waals surface area contributed by atoms with Crippen molar-refractivity contribution in [3.05, 3.63) is 36.8 Å². The van der Waals surface area contributed by atoms with Gasteiger partial charge in [0.1, 0.15) is 11.8 Å². The molecule has 0 atom stereocenters. The number of ether oxygens (including phenoxy) is 1. The lowest BCUT2D eigenvalue weighted by Gasteiger charge is -2.01. The fourth-order valence-electron chi connectivity index (χ4n) is 1.86. The molecule has 0 fully saturated rings. The Kier molecular flexibility index (Phi) is 2.04. The maximum absolute atomic E-state index is 11.5. The summed E-state index contributed by atoms with van der Waals surface area (Å²) in [4.78, 5) is 20.0. The van der Waals surface area contributed by atoms with Crippen molar-refractivity contribution in [3.63, 3.8) is 0 Å². The number of nitrogens with zero attached hydrogens (tertiary/aromatic N) is 3. The standard InChI is InChI=1S/C12H9N3O2/c1-17-12(16)15-7-14-11-9(15)5-4-8-3-2-6-13-10(8)11/h2-7H,1H3. The van der Waals surface area contributed by atoms with E-state index < -0.39 is 6.09 Å². The molecule has 3 rings (SSSR count). The van der Waals surface area contributed by atoms with Crippen molar-refractivity contribution in [2.75, 3.05) is 7.11 Å². The zero-order valence-electron chi connectivity index (χ0n) is 9.12. The van der Waals surface area contributed by atoms with E-state index in [0.29, 0.717) is 11.0 Å². The molecule has 0 aliphatic carbocycles. The molecule has 0 unspecified atom stereocenters. The minimum Gasteiger partial charge on any atom is -0.452 e. The molecule has 0 aliphatic heterocycles. The fraction of sp³-hybridized carbons (Fsp3) is 0.0833. The summed E-state index contributed by atoms with van der Waals surface area (Å²) in [6.45, 7) is 0. The Morgan fingerprint density at radius 3 is 2.94 bits per heavy atom. The summed E-state index contributed by atoms with van der Waals surface area (Å²) in [6, 6.07) is 7.57. The minimum absolute atomic E-state index is 0.456. The van der Waals surface area contributed by atoms with Crippen molar-refractivity contribution in [1.82, 2.24) is 14.5 Å². The van der Waals surface area contributed by atoms with Gasteiger partial charge in [-0.15, -0.1) is 0 Å². The monoisotopic (exact) mass is 227 g/mol. The summed E-state index contributed by atoms with van der Waals surface area (Å²) < 4.78 is 6.04. The van der Waals surface area contributed by atoms with E-state index >= 15 is 0 Å². The number of imidazole rings is 1. The Hall–Kier alpha value is -2.43.